The molecule has 0 radical (unpaired) electrons. The van der Waals surface area contributed by atoms with Gasteiger partial charge in [-0.3, -0.25) is 19.7 Å². The predicted molar refractivity (Wildman–Crippen MR) is 127 cm³/mol. The molecule has 2 aromatic rings. The van der Waals surface area contributed by atoms with Crippen LogP contribution in [-0.4, -0.2) is 33.8 Å². The number of benzene rings is 1. The van der Waals surface area contributed by atoms with Gasteiger partial charge in [-0.25, -0.2) is 0 Å². The minimum absolute atomic E-state index is 0.158. The summed E-state index contributed by atoms with van der Waals surface area (Å²) in [5.74, 6) is -0.831. The molecule has 1 saturated heterocycles. The summed E-state index contributed by atoms with van der Waals surface area (Å²) in [6.45, 7) is 3.36. The Morgan fingerprint density at radius 2 is 2.06 bits per heavy atom. The van der Waals surface area contributed by atoms with E-state index in [2.05, 4.69) is 16.0 Å². The number of aryl methyl sites for hydroxylation is 1. The van der Waals surface area contributed by atoms with Gasteiger partial charge in [0.25, 0.3) is 5.91 Å². The average molecular weight is 491 g/mol. The summed E-state index contributed by atoms with van der Waals surface area (Å²) in [6.07, 6.45) is 1.38. The summed E-state index contributed by atoms with van der Waals surface area (Å²) in [4.78, 5) is 39.5. The van der Waals surface area contributed by atoms with E-state index >= 15 is 0 Å². The van der Waals surface area contributed by atoms with Crippen LogP contribution >= 0.6 is 35.2 Å². The van der Waals surface area contributed by atoms with E-state index in [9.17, 15) is 14.4 Å². The van der Waals surface area contributed by atoms with Gasteiger partial charge in [0.2, 0.25) is 11.8 Å². The Morgan fingerprint density at radius 1 is 1.28 bits per heavy atom. The number of hydrogen-bond acceptors (Lipinski definition) is 5. The molecule has 2 aliphatic rings. The topological polar surface area (TPSA) is 90.5 Å². The highest BCUT2D eigenvalue weighted by atomic mass is 35.5. The van der Waals surface area contributed by atoms with Crippen molar-refractivity contribution in [3.8, 4) is 0 Å². The predicted octanol–water partition coefficient (Wildman–Crippen LogP) is 3.03. The molecule has 10 heteroatoms. The number of nitrogens with zero attached hydrogens (tertiary/aromatic N) is 1. The number of fused-ring (bicyclic) bond motifs is 1. The van der Waals surface area contributed by atoms with Crippen molar-refractivity contribution in [1.29, 1.82) is 0 Å². The Hall–Kier alpha value is -2.49. The van der Waals surface area contributed by atoms with Crippen molar-refractivity contribution in [3.05, 3.63) is 55.7 Å². The third kappa shape index (κ3) is 4.79. The van der Waals surface area contributed by atoms with Gasteiger partial charge >= 0.3 is 0 Å². The van der Waals surface area contributed by atoms with Crippen LogP contribution in [0, 0.1) is 6.92 Å². The fourth-order valence-electron chi connectivity index (χ4n) is 3.89. The maximum Gasteiger partial charge on any atom is 0.256 e. The molecule has 3 heterocycles. The van der Waals surface area contributed by atoms with Gasteiger partial charge in [-0.2, -0.15) is 0 Å². The van der Waals surface area contributed by atoms with Gasteiger partial charge in [-0.05, 0) is 54.7 Å². The van der Waals surface area contributed by atoms with Crippen LogP contribution in [0.5, 0.6) is 0 Å². The highest BCUT2D eigenvalue weighted by molar-refractivity contribution is 7.80. The summed E-state index contributed by atoms with van der Waals surface area (Å²) in [6, 6.07) is 5.27. The van der Waals surface area contributed by atoms with E-state index in [1.54, 1.807) is 4.90 Å². The van der Waals surface area contributed by atoms with Gasteiger partial charge in [-0.1, -0.05) is 23.7 Å². The zero-order valence-electron chi connectivity index (χ0n) is 17.5. The Labute approximate surface area is 200 Å². The fraction of sp³-hybridized carbons (Fsp3) is 0.364. The summed E-state index contributed by atoms with van der Waals surface area (Å²) in [5, 5.41) is 11.8. The molecular weight excluding hydrogens is 468 g/mol. The third-order valence-electron chi connectivity index (χ3n) is 5.72. The van der Waals surface area contributed by atoms with Gasteiger partial charge in [0.1, 0.15) is 6.04 Å². The van der Waals surface area contributed by atoms with Crippen LogP contribution in [0.2, 0.25) is 5.02 Å². The maximum absolute atomic E-state index is 12.9. The molecule has 0 unspecified atom stereocenters. The Bertz CT molecular complexity index is 1100. The number of thiophene rings is 1. The van der Waals surface area contributed by atoms with E-state index in [0.717, 1.165) is 26.6 Å². The van der Waals surface area contributed by atoms with Crippen LogP contribution in [0.4, 0.5) is 0 Å². The number of amides is 3. The average Bonchev–Trinajstić information content (AvgIpc) is 3.24. The van der Waals surface area contributed by atoms with Crippen LogP contribution < -0.4 is 16.0 Å². The first-order valence-corrected chi connectivity index (χ1v) is 12.0. The molecule has 3 N–H and O–H groups in total. The number of halogens is 1. The molecule has 3 amide bonds. The number of thiocarbonyl (C=S) groups is 1. The molecule has 1 aromatic heterocycles. The van der Waals surface area contributed by atoms with Crippen LogP contribution in [0.1, 0.15) is 51.2 Å². The fourth-order valence-corrected chi connectivity index (χ4v) is 5.21. The second kappa shape index (κ2) is 9.56. The van der Waals surface area contributed by atoms with E-state index in [1.807, 2.05) is 30.5 Å². The highest BCUT2D eigenvalue weighted by Crippen LogP contribution is 2.33. The smallest absolute Gasteiger partial charge is 0.256 e. The zero-order valence-corrected chi connectivity index (χ0v) is 19.9. The van der Waals surface area contributed by atoms with Gasteiger partial charge in [0.15, 0.2) is 5.11 Å². The molecule has 0 aliphatic carbocycles. The lowest BCUT2D eigenvalue weighted by atomic mass is 10.1. The van der Waals surface area contributed by atoms with Crippen molar-refractivity contribution in [2.45, 2.75) is 51.9 Å². The van der Waals surface area contributed by atoms with E-state index in [1.165, 1.54) is 11.3 Å². The first-order valence-electron chi connectivity index (χ1n) is 10.3. The second-order valence-corrected chi connectivity index (χ2v) is 9.70. The molecule has 1 aromatic carbocycles. The Balaban J connectivity index is 1.35. The van der Waals surface area contributed by atoms with Crippen LogP contribution in [0.15, 0.2) is 23.6 Å². The second-order valence-electron chi connectivity index (χ2n) is 7.92. The normalized spacial score (nSPS) is 18.2. The molecule has 0 saturated carbocycles. The van der Waals surface area contributed by atoms with Crippen molar-refractivity contribution >= 4 is 58.0 Å². The quantitative estimate of drug-likeness (QED) is 0.441. The van der Waals surface area contributed by atoms with E-state index < -0.39 is 11.9 Å². The minimum Gasteiger partial charge on any atom is -0.359 e. The van der Waals surface area contributed by atoms with E-state index in [-0.39, 0.29) is 11.8 Å². The number of hydrogen-bond donors (Lipinski definition) is 3. The maximum atomic E-state index is 12.9. The summed E-state index contributed by atoms with van der Waals surface area (Å²) in [7, 11) is 0. The number of carbonyl (C=O) groups is 3. The summed E-state index contributed by atoms with van der Waals surface area (Å²) >= 11 is 13.1. The largest absolute Gasteiger partial charge is 0.359 e. The number of rotatable bonds is 5. The Morgan fingerprint density at radius 3 is 2.84 bits per heavy atom. The number of carbonyl (C=O) groups excluding carboxylic acids is 3. The van der Waals surface area contributed by atoms with Crippen LogP contribution in [-0.2, 0) is 29.2 Å². The number of imide groups is 1. The SMILES string of the molecule is Cc1ccc(CNC(=S)NCc2scc3c2CN([C@H]2CCCC(=O)NC2=O)C3=O)cc1Cl. The highest BCUT2D eigenvalue weighted by Gasteiger charge is 2.39. The molecular formula is C22H23ClN4O3S2. The van der Waals surface area contributed by atoms with Crippen molar-refractivity contribution in [2.24, 2.45) is 0 Å². The van der Waals surface area contributed by atoms with Gasteiger partial charge in [-0.15, -0.1) is 11.3 Å². The first-order chi connectivity index (χ1) is 15.3. The standard InChI is InChI=1S/C22H23ClN4O3S2/c1-12-5-6-13(7-16(12)23)8-24-22(31)25-9-18-14-10-27(21(30)15(14)11-32-18)17-3-2-4-19(28)26-20(17)29/h5-7,11,17H,2-4,8-10H2,1H3,(H2,24,25,31)(H,26,28,29)/t17-/m0/s1. The first kappa shape index (κ1) is 22.7. The summed E-state index contributed by atoms with van der Waals surface area (Å²) < 4.78 is 0. The molecule has 1 atom stereocenters. The molecule has 32 heavy (non-hydrogen) atoms. The number of nitrogens with one attached hydrogen (secondary N) is 3. The minimum atomic E-state index is -0.615. The Kier molecular flexibility index (Phi) is 6.78. The molecule has 0 bridgehead atoms. The molecule has 2 aliphatic heterocycles. The van der Waals surface area contributed by atoms with Crippen molar-refractivity contribution < 1.29 is 14.4 Å². The van der Waals surface area contributed by atoms with Gasteiger partial charge < -0.3 is 15.5 Å². The van der Waals surface area contributed by atoms with Crippen molar-refractivity contribution in [3.63, 3.8) is 0 Å². The third-order valence-corrected chi connectivity index (χ3v) is 7.45. The van der Waals surface area contributed by atoms with E-state index in [4.69, 9.17) is 23.8 Å². The summed E-state index contributed by atoms with van der Waals surface area (Å²) in [5.41, 5.74) is 3.61. The zero-order chi connectivity index (χ0) is 22.8. The van der Waals surface area contributed by atoms with Gasteiger partial charge in [0.05, 0.1) is 12.1 Å². The van der Waals surface area contributed by atoms with Crippen molar-refractivity contribution in [2.75, 3.05) is 0 Å². The molecule has 7 nitrogen and oxygen atoms in total. The van der Waals surface area contributed by atoms with Crippen LogP contribution in [0.3, 0.4) is 0 Å². The lowest BCUT2D eigenvalue weighted by Crippen LogP contribution is -2.47. The monoisotopic (exact) mass is 490 g/mol. The molecule has 0 spiro atoms. The molecule has 4 rings (SSSR count). The van der Waals surface area contributed by atoms with Crippen molar-refractivity contribution in [1.82, 2.24) is 20.9 Å². The molecule has 1 fully saturated rings. The van der Waals surface area contributed by atoms with Gasteiger partial charge in [0, 0.05) is 34.8 Å². The van der Waals surface area contributed by atoms with Crippen LogP contribution in [0.25, 0.3) is 0 Å². The lowest BCUT2D eigenvalue weighted by molar-refractivity contribution is -0.132. The van der Waals surface area contributed by atoms with E-state index in [0.29, 0.717) is 49.6 Å². The molecule has 168 valence electrons. The lowest BCUT2D eigenvalue weighted by Gasteiger charge is -2.25.